The molecule has 2 rings (SSSR count). The van der Waals surface area contributed by atoms with Crippen LogP contribution in [0.1, 0.15) is 31.4 Å². The molecule has 0 bridgehead atoms. The second-order valence-corrected chi connectivity index (χ2v) is 4.37. The fourth-order valence-electron chi connectivity index (χ4n) is 2.41. The maximum absolute atomic E-state index is 2.49. The lowest BCUT2D eigenvalue weighted by Gasteiger charge is -2.18. The van der Waals surface area contributed by atoms with Gasteiger partial charge in [0.25, 0.3) is 0 Å². The van der Waals surface area contributed by atoms with E-state index in [0.29, 0.717) is 0 Å². The second-order valence-electron chi connectivity index (χ2n) is 4.37. The van der Waals surface area contributed by atoms with Crippen LogP contribution in [0.3, 0.4) is 0 Å². The lowest BCUT2D eigenvalue weighted by atomic mass is 10.0. The van der Waals surface area contributed by atoms with Crippen LogP contribution in [0.2, 0.25) is 0 Å². The van der Waals surface area contributed by atoms with Gasteiger partial charge in [-0.15, -0.1) is 0 Å². The van der Waals surface area contributed by atoms with E-state index in [4.69, 9.17) is 0 Å². The summed E-state index contributed by atoms with van der Waals surface area (Å²) < 4.78 is 0. The van der Waals surface area contributed by atoms with E-state index in [9.17, 15) is 0 Å². The van der Waals surface area contributed by atoms with Crippen molar-refractivity contribution < 1.29 is 0 Å². The molecule has 0 unspecified atom stereocenters. The van der Waals surface area contributed by atoms with E-state index in [1.807, 2.05) is 0 Å². The van der Waals surface area contributed by atoms with Crippen molar-refractivity contribution >= 4 is 5.57 Å². The monoisotopic (exact) mass is 215 g/mol. The summed E-state index contributed by atoms with van der Waals surface area (Å²) in [5.74, 6) is 0. The number of hydrogen-bond acceptors (Lipinski definition) is 1. The zero-order valence-electron chi connectivity index (χ0n) is 10.4. The summed E-state index contributed by atoms with van der Waals surface area (Å²) in [5.41, 5.74) is 4.52. The summed E-state index contributed by atoms with van der Waals surface area (Å²) in [6.45, 7) is 7.98. The third kappa shape index (κ3) is 2.35. The number of rotatable bonds is 5. The zero-order valence-corrected chi connectivity index (χ0v) is 10.4. The van der Waals surface area contributed by atoms with Crippen LogP contribution in [0.25, 0.3) is 5.57 Å². The van der Waals surface area contributed by atoms with Crippen LogP contribution in [0.5, 0.6) is 0 Å². The Hall–Kier alpha value is -1.08. The highest BCUT2D eigenvalue weighted by atomic mass is 15.1. The fraction of sp³-hybridized carbons (Fsp3) is 0.467. The van der Waals surface area contributed by atoms with E-state index in [0.717, 1.165) is 19.5 Å². The third-order valence-corrected chi connectivity index (χ3v) is 3.52. The van der Waals surface area contributed by atoms with Crippen molar-refractivity contribution in [1.82, 2.24) is 4.90 Å². The predicted octanol–water partition coefficient (Wildman–Crippen LogP) is 3.36. The molecule has 1 aliphatic carbocycles. The lowest BCUT2D eigenvalue weighted by Crippen LogP contribution is -2.24. The highest BCUT2D eigenvalue weighted by Gasteiger charge is 2.13. The molecule has 1 aromatic rings. The molecule has 0 spiro atoms. The lowest BCUT2D eigenvalue weighted by molar-refractivity contribution is 0.312. The van der Waals surface area contributed by atoms with E-state index >= 15 is 0 Å². The van der Waals surface area contributed by atoms with Crippen molar-refractivity contribution in [3.8, 4) is 0 Å². The quantitative estimate of drug-likeness (QED) is 0.728. The number of hydrogen-bond donors (Lipinski definition) is 0. The van der Waals surface area contributed by atoms with Crippen LogP contribution in [-0.2, 0) is 6.42 Å². The Morgan fingerprint density at radius 3 is 2.62 bits per heavy atom. The normalized spacial score (nSPS) is 14.1. The van der Waals surface area contributed by atoms with Gasteiger partial charge in [0.2, 0.25) is 0 Å². The van der Waals surface area contributed by atoms with Gasteiger partial charge in [0.15, 0.2) is 0 Å². The van der Waals surface area contributed by atoms with Crippen molar-refractivity contribution in [3.05, 3.63) is 41.5 Å². The molecule has 1 aliphatic rings. The Labute approximate surface area is 98.8 Å². The van der Waals surface area contributed by atoms with E-state index in [1.165, 1.54) is 24.1 Å². The molecule has 0 saturated carbocycles. The minimum atomic E-state index is 1.13. The van der Waals surface area contributed by atoms with Crippen LogP contribution in [0, 0.1) is 0 Å². The molecular weight excluding hydrogens is 194 g/mol. The molecule has 0 heterocycles. The highest BCUT2D eigenvalue weighted by molar-refractivity contribution is 5.72. The van der Waals surface area contributed by atoms with Gasteiger partial charge < -0.3 is 4.90 Å². The van der Waals surface area contributed by atoms with E-state index in [2.05, 4.69) is 49.1 Å². The molecule has 0 atom stereocenters. The number of fused-ring (bicyclic) bond motifs is 1. The first-order chi connectivity index (χ1) is 7.85. The molecule has 16 heavy (non-hydrogen) atoms. The average Bonchev–Trinajstić information content (AvgIpc) is 2.74. The Bertz CT molecular complexity index is 375. The summed E-state index contributed by atoms with van der Waals surface area (Å²) in [6.07, 6.45) is 4.72. The third-order valence-electron chi connectivity index (χ3n) is 3.52. The van der Waals surface area contributed by atoms with Crippen molar-refractivity contribution in [2.24, 2.45) is 0 Å². The van der Waals surface area contributed by atoms with Gasteiger partial charge in [-0.05, 0) is 42.6 Å². The number of allylic oxidation sites excluding steroid dienone is 1. The van der Waals surface area contributed by atoms with Gasteiger partial charge >= 0.3 is 0 Å². The fourth-order valence-corrected chi connectivity index (χ4v) is 2.41. The van der Waals surface area contributed by atoms with E-state index in [-0.39, 0.29) is 0 Å². The van der Waals surface area contributed by atoms with Crippen molar-refractivity contribution in [1.29, 1.82) is 0 Å². The maximum atomic E-state index is 2.49. The van der Waals surface area contributed by atoms with Crippen LogP contribution in [0.4, 0.5) is 0 Å². The zero-order chi connectivity index (χ0) is 11.4. The van der Waals surface area contributed by atoms with Gasteiger partial charge in [-0.3, -0.25) is 0 Å². The van der Waals surface area contributed by atoms with Crippen LogP contribution in [-0.4, -0.2) is 24.5 Å². The minimum Gasteiger partial charge on any atom is -0.304 e. The maximum Gasteiger partial charge on any atom is 0.00217 e. The molecule has 1 nitrogen and oxygen atoms in total. The van der Waals surface area contributed by atoms with Gasteiger partial charge in [0, 0.05) is 6.54 Å². The van der Waals surface area contributed by atoms with Crippen molar-refractivity contribution in [3.63, 3.8) is 0 Å². The van der Waals surface area contributed by atoms with Gasteiger partial charge in [-0.25, -0.2) is 0 Å². The smallest absolute Gasteiger partial charge is 0.00217 e. The molecule has 0 saturated heterocycles. The van der Waals surface area contributed by atoms with Crippen LogP contribution in [0.15, 0.2) is 30.3 Å². The molecular formula is C15H21N. The van der Waals surface area contributed by atoms with Gasteiger partial charge in [-0.2, -0.15) is 0 Å². The molecule has 1 heteroatoms. The van der Waals surface area contributed by atoms with E-state index < -0.39 is 0 Å². The van der Waals surface area contributed by atoms with Gasteiger partial charge in [0.05, 0.1) is 0 Å². The Morgan fingerprint density at radius 2 is 1.88 bits per heavy atom. The molecule has 1 aromatic carbocycles. The van der Waals surface area contributed by atoms with Gasteiger partial charge in [-0.1, -0.05) is 44.2 Å². The number of benzene rings is 1. The summed E-state index contributed by atoms with van der Waals surface area (Å²) in [5, 5.41) is 0. The number of nitrogens with zero attached hydrogens (tertiary/aromatic N) is 1. The summed E-state index contributed by atoms with van der Waals surface area (Å²) in [6, 6.07) is 8.79. The summed E-state index contributed by atoms with van der Waals surface area (Å²) >= 11 is 0. The first kappa shape index (κ1) is 11.4. The molecule has 0 radical (unpaired) electrons. The first-order valence-electron chi connectivity index (χ1n) is 6.34. The van der Waals surface area contributed by atoms with Crippen molar-refractivity contribution in [2.45, 2.75) is 26.7 Å². The van der Waals surface area contributed by atoms with E-state index in [1.54, 1.807) is 5.57 Å². The van der Waals surface area contributed by atoms with Crippen LogP contribution >= 0.6 is 0 Å². The predicted molar refractivity (Wildman–Crippen MR) is 70.5 cm³/mol. The molecule has 0 amide bonds. The van der Waals surface area contributed by atoms with Crippen LogP contribution < -0.4 is 0 Å². The first-order valence-corrected chi connectivity index (χ1v) is 6.34. The van der Waals surface area contributed by atoms with Crippen molar-refractivity contribution in [2.75, 3.05) is 19.6 Å². The van der Waals surface area contributed by atoms with Gasteiger partial charge in [0.1, 0.15) is 0 Å². The minimum absolute atomic E-state index is 1.13. The SMILES string of the molecule is CCN(CC)CCC1=CCc2ccccc21. The largest absolute Gasteiger partial charge is 0.304 e. The topological polar surface area (TPSA) is 3.24 Å². The molecule has 0 fully saturated rings. The second kappa shape index (κ2) is 5.31. The summed E-state index contributed by atoms with van der Waals surface area (Å²) in [4.78, 5) is 2.49. The Kier molecular flexibility index (Phi) is 3.79. The molecule has 86 valence electrons. The summed E-state index contributed by atoms with van der Waals surface area (Å²) in [7, 11) is 0. The molecule has 0 aromatic heterocycles. The Balaban J connectivity index is 1.98. The highest BCUT2D eigenvalue weighted by Crippen LogP contribution is 2.29. The average molecular weight is 215 g/mol. The standard InChI is InChI=1S/C15H21N/c1-3-16(4-2)12-11-14-10-9-13-7-5-6-8-15(13)14/h5-8,10H,3-4,9,11-12H2,1-2H3. The molecule has 0 N–H and O–H groups in total. The Morgan fingerprint density at radius 1 is 1.12 bits per heavy atom. The molecule has 0 aliphatic heterocycles.